The molecular weight excluding hydrogens is 321 g/mol. The third-order valence-electron chi connectivity index (χ3n) is 3.99. The predicted octanol–water partition coefficient (Wildman–Crippen LogP) is 4.67. The minimum Gasteiger partial charge on any atom is -0.496 e. The van der Waals surface area contributed by atoms with Crippen LogP contribution < -0.4 is 10.1 Å². The highest BCUT2D eigenvalue weighted by molar-refractivity contribution is 6.36. The molecule has 2 aromatic carbocycles. The summed E-state index contributed by atoms with van der Waals surface area (Å²) in [4.78, 5) is 12.7. The number of hydrogen-bond acceptors (Lipinski definition) is 2. The van der Waals surface area contributed by atoms with Gasteiger partial charge in [0.1, 0.15) is 5.75 Å². The largest absolute Gasteiger partial charge is 0.496 e. The van der Waals surface area contributed by atoms with E-state index < -0.39 is 5.41 Å². The fourth-order valence-electron chi connectivity index (χ4n) is 2.62. The van der Waals surface area contributed by atoms with Crippen LogP contribution in [0.5, 0.6) is 5.75 Å². The minimum atomic E-state index is -0.532. The summed E-state index contributed by atoms with van der Waals surface area (Å²) in [7, 11) is 1.61. The lowest BCUT2D eigenvalue weighted by atomic mass is 9.94. The van der Waals surface area contributed by atoms with E-state index in [1.165, 1.54) is 0 Å². The van der Waals surface area contributed by atoms with Gasteiger partial charge in [-0.05, 0) is 37.1 Å². The molecule has 0 heterocycles. The number of benzene rings is 2. The lowest BCUT2D eigenvalue weighted by Gasteiger charge is -2.19. The molecule has 2 aromatic rings. The van der Waals surface area contributed by atoms with Gasteiger partial charge in [-0.3, -0.25) is 4.79 Å². The Labute approximate surface area is 139 Å². The molecule has 1 aliphatic carbocycles. The molecule has 0 aromatic heterocycles. The van der Waals surface area contributed by atoms with Gasteiger partial charge in [0.2, 0.25) is 5.91 Å². The van der Waals surface area contributed by atoms with Crippen LogP contribution in [0, 0.1) is 0 Å². The number of carbonyl (C=O) groups excluding carboxylic acids is 1. The molecule has 0 aliphatic heterocycles. The molecule has 1 N–H and O–H groups in total. The summed E-state index contributed by atoms with van der Waals surface area (Å²) in [5.74, 6) is 0.665. The smallest absolute Gasteiger partial charge is 0.235 e. The van der Waals surface area contributed by atoms with E-state index in [4.69, 9.17) is 27.9 Å². The fraction of sp³-hybridized carbons (Fsp3) is 0.235. The first kappa shape index (κ1) is 15.2. The number of carbonyl (C=O) groups is 1. The Morgan fingerprint density at radius 3 is 2.55 bits per heavy atom. The summed E-state index contributed by atoms with van der Waals surface area (Å²) in [6, 6.07) is 12.6. The Kier molecular flexibility index (Phi) is 4.02. The van der Waals surface area contributed by atoms with Crippen LogP contribution in [0.4, 0.5) is 5.69 Å². The Morgan fingerprint density at radius 1 is 1.18 bits per heavy atom. The van der Waals surface area contributed by atoms with Crippen molar-refractivity contribution in [3.8, 4) is 5.75 Å². The van der Waals surface area contributed by atoms with Gasteiger partial charge in [-0.15, -0.1) is 0 Å². The third-order valence-corrected chi connectivity index (χ3v) is 4.53. The fourth-order valence-corrected chi connectivity index (χ4v) is 3.07. The first-order valence-electron chi connectivity index (χ1n) is 6.97. The molecule has 3 nitrogen and oxygen atoms in total. The van der Waals surface area contributed by atoms with Crippen LogP contribution in [0.15, 0.2) is 42.5 Å². The number of rotatable bonds is 4. The number of methoxy groups -OCH3 is 1. The molecule has 0 atom stereocenters. The lowest BCUT2D eigenvalue weighted by Crippen LogP contribution is -2.28. The molecule has 0 saturated heterocycles. The van der Waals surface area contributed by atoms with Crippen LogP contribution in [0.1, 0.15) is 18.4 Å². The highest BCUT2D eigenvalue weighted by Gasteiger charge is 2.52. The second kappa shape index (κ2) is 5.82. The van der Waals surface area contributed by atoms with Crippen molar-refractivity contribution >= 4 is 34.8 Å². The number of amides is 1. The monoisotopic (exact) mass is 335 g/mol. The summed E-state index contributed by atoms with van der Waals surface area (Å²) in [6.07, 6.45) is 1.59. The number of halogens is 2. The van der Waals surface area contributed by atoms with Gasteiger partial charge < -0.3 is 10.1 Å². The van der Waals surface area contributed by atoms with Crippen molar-refractivity contribution in [1.82, 2.24) is 0 Å². The maximum atomic E-state index is 12.7. The van der Waals surface area contributed by atoms with Crippen molar-refractivity contribution in [2.24, 2.45) is 0 Å². The zero-order chi connectivity index (χ0) is 15.7. The molecule has 0 spiro atoms. The molecule has 22 heavy (non-hydrogen) atoms. The summed E-state index contributed by atoms with van der Waals surface area (Å²) >= 11 is 12.0. The maximum Gasteiger partial charge on any atom is 0.235 e. The van der Waals surface area contributed by atoms with E-state index in [0.29, 0.717) is 15.7 Å². The van der Waals surface area contributed by atoms with Crippen molar-refractivity contribution in [2.75, 3.05) is 12.4 Å². The van der Waals surface area contributed by atoms with Crippen molar-refractivity contribution in [1.29, 1.82) is 0 Å². The first-order valence-corrected chi connectivity index (χ1v) is 7.72. The highest BCUT2D eigenvalue weighted by atomic mass is 35.5. The van der Waals surface area contributed by atoms with Gasteiger partial charge in [0.05, 0.1) is 23.2 Å². The molecule has 3 rings (SSSR count). The van der Waals surface area contributed by atoms with Crippen LogP contribution in [0.2, 0.25) is 10.0 Å². The Balaban J connectivity index is 1.88. The van der Waals surface area contributed by atoms with E-state index in [1.807, 2.05) is 24.3 Å². The molecule has 0 radical (unpaired) electrons. The number of anilines is 1. The van der Waals surface area contributed by atoms with Gasteiger partial charge in [-0.2, -0.15) is 0 Å². The normalized spacial score (nSPS) is 15.2. The third kappa shape index (κ3) is 2.67. The zero-order valence-corrected chi connectivity index (χ0v) is 13.5. The maximum absolute atomic E-state index is 12.7. The van der Waals surface area contributed by atoms with E-state index in [1.54, 1.807) is 25.3 Å². The number of hydrogen-bond donors (Lipinski definition) is 1. The van der Waals surface area contributed by atoms with Crippen LogP contribution in [0.25, 0.3) is 0 Å². The SMILES string of the molecule is COc1ccccc1C1(C(=O)Nc2ccc(Cl)cc2Cl)CC1. The van der Waals surface area contributed by atoms with Gasteiger partial charge in [0, 0.05) is 10.6 Å². The van der Waals surface area contributed by atoms with Crippen molar-refractivity contribution in [2.45, 2.75) is 18.3 Å². The molecule has 1 fully saturated rings. The summed E-state index contributed by atoms with van der Waals surface area (Å²) in [5, 5.41) is 3.87. The van der Waals surface area contributed by atoms with E-state index in [9.17, 15) is 4.79 Å². The van der Waals surface area contributed by atoms with Crippen LogP contribution in [0.3, 0.4) is 0 Å². The standard InChI is InChI=1S/C17H15Cl2NO2/c1-22-15-5-3-2-4-12(15)17(8-9-17)16(21)20-14-7-6-11(18)10-13(14)19/h2-7,10H,8-9H2,1H3,(H,20,21). The van der Waals surface area contributed by atoms with Crippen molar-refractivity contribution in [3.63, 3.8) is 0 Å². The molecule has 1 amide bonds. The molecule has 0 unspecified atom stereocenters. The number of nitrogens with one attached hydrogen (secondary N) is 1. The Hall–Kier alpha value is -1.71. The molecule has 1 saturated carbocycles. The second-order valence-electron chi connectivity index (χ2n) is 5.36. The van der Waals surface area contributed by atoms with Crippen LogP contribution >= 0.6 is 23.2 Å². The number of para-hydroxylation sites is 1. The van der Waals surface area contributed by atoms with Gasteiger partial charge >= 0.3 is 0 Å². The van der Waals surface area contributed by atoms with Crippen molar-refractivity contribution in [3.05, 3.63) is 58.1 Å². The van der Waals surface area contributed by atoms with Gasteiger partial charge in [-0.1, -0.05) is 41.4 Å². The number of ether oxygens (including phenoxy) is 1. The Bertz CT molecular complexity index is 726. The van der Waals surface area contributed by atoms with Crippen LogP contribution in [-0.4, -0.2) is 13.0 Å². The molecule has 114 valence electrons. The van der Waals surface area contributed by atoms with Gasteiger partial charge in [0.15, 0.2) is 0 Å². The van der Waals surface area contributed by atoms with Gasteiger partial charge in [-0.25, -0.2) is 0 Å². The van der Waals surface area contributed by atoms with E-state index in [2.05, 4.69) is 5.32 Å². The molecule has 1 aliphatic rings. The van der Waals surface area contributed by atoms with E-state index in [0.717, 1.165) is 24.2 Å². The Morgan fingerprint density at radius 2 is 1.91 bits per heavy atom. The minimum absolute atomic E-state index is 0.0683. The molecule has 0 bridgehead atoms. The first-order chi connectivity index (χ1) is 10.6. The topological polar surface area (TPSA) is 38.3 Å². The predicted molar refractivity (Wildman–Crippen MR) is 89.0 cm³/mol. The zero-order valence-electron chi connectivity index (χ0n) is 12.0. The highest BCUT2D eigenvalue weighted by Crippen LogP contribution is 2.52. The molecule has 5 heteroatoms. The summed E-state index contributed by atoms with van der Waals surface area (Å²) in [6.45, 7) is 0. The van der Waals surface area contributed by atoms with Gasteiger partial charge in [0.25, 0.3) is 0 Å². The summed E-state index contributed by atoms with van der Waals surface area (Å²) < 4.78 is 5.39. The summed E-state index contributed by atoms with van der Waals surface area (Å²) in [5.41, 5.74) is 0.951. The average molecular weight is 336 g/mol. The van der Waals surface area contributed by atoms with Crippen molar-refractivity contribution < 1.29 is 9.53 Å². The lowest BCUT2D eigenvalue weighted by molar-refractivity contribution is -0.118. The van der Waals surface area contributed by atoms with E-state index >= 15 is 0 Å². The van der Waals surface area contributed by atoms with Crippen LogP contribution in [-0.2, 0) is 10.2 Å². The quantitative estimate of drug-likeness (QED) is 0.881. The molecular formula is C17H15Cl2NO2. The second-order valence-corrected chi connectivity index (χ2v) is 6.20. The average Bonchev–Trinajstić information content (AvgIpc) is 3.31. The van der Waals surface area contributed by atoms with E-state index in [-0.39, 0.29) is 5.91 Å².